The molecule has 62 valence electrons. The minimum absolute atomic E-state index is 0.228. The van der Waals surface area contributed by atoms with Gasteiger partial charge in [-0.15, -0.1) is 0 Å². The summed E-state index contributed by atoms with van der Waals surface area (Å²) in [7, 11) is 0. The summed E-state index contributed by atoms with van der Waals surface area (Å²) in [5.41, 5.74) is 2.28. The van der Waals surface area contributed by atoms with E-state index in [0.29, 0.717) is 5.92 Å². The van der Waals surface area contributed by atoms with Gasteiger partial charge in [0.1, 0.15) is 0 Å². The lowest BCUT2D eigenvalue weighted by Gasteiger charge is -2.29. The van der Waals surface area contributed by atoms with Gasteiger partial charge in [0.25, 0.3) is 0 Å². The van der Waals surface area contributed by atoms with Crippen molar-refractivity contribution in [3.8, 4) is 0 Å². The third-order valence-corrected chi connectivity index (χ3v) is 2.40. The van der Waals surface area contributed by atoms with Crippen molar-refractivity contribution in [1.29, 1.82) is 0 Å². The molecule has 1 fully saturated rings. The second-order valence-corrected chi connectivity index (χ2v) is 3.51. The van der Waals surface area contributed by atoms with Gasteiger partial charge in [-0.2, -0.15) is 0 Å². The van der Waals surface area contributed by atoms with Gasteiger partial charge < -0.3 is 5.11 Å². The zero-order valence-corrected chi connectivity index (χ0v) is 7.14. The van der Waals surface area contributed by atoms with E-state index in [9.17, 15) is 5.11 Å². The third kappa shape index (κ3) is 1.93. The molecule has 0 heterocycles. The van der Waals surface area contributed by atoms with Gasteiger partial charge in [-0.25, -0.2) is 0 Å². The molecule has 0 amide bonds. The maximum absolute atomic E-state index is 9.59. The van der Waals surface area contributed by atoms with Crippen LogP contribution in [0.15, 0.2) is 24.3 Å². The van der Waals surface area contributed by atoms with Crippen LogP contribution in [-0.4, -0.2) is 11.2 Å². The smallest absolute Gasteiger partial charge is 0.0642 e. The highest BCUT2D eigenvalue weighted by Crippen LogP contribution is 2.31. The van der Waals surface area contributed by atoms with E-state index < -0.39 is 0 Å². The van der Waals surface area contributed by atoms with Crippen molar-refractivity contribution >= 4 is 0 Å². The second-order valence-electron chi connectivity index (χ2n) is 3.51. The Morgan fingerprint density at radius 3 is 2.73 bits per heavy atom. The van der Waals surface area contributed by atoms with Crippen LogP contribution in [-0.2, 0) is 0 Å². The molecular weight excluding hydrogens is 136 g/mol. The molecule has 0 bridgehead atoms. The molecule has 1 heteroatoms. The van der Waals surface area contributed by atoms with Gasteiger partial charge in [-0.1, -0.05) is 24.3 Å². The number of aliphatic hydroxyl groups excluding tert-OH is 1. The Morgan fingerprint density at radius 1 is 1.64 bits per heavy atom. The van der Waals surface area contributed by atoms with Gasteiger partial charge in [-0.05, 0) is 26.2 Å². The third-order valence-electron chi connectivity index (χ3n) is 2.40. The molecule has 1 nitrogen and oxygen atoms in total. The van der Waals surface area contributed by atoms with Gasteiger partial charge in [-0.3, -0.25) is 0 Å². The van der Waals surface area contributed by atoms with Gasteiger partial charge in [0.15, 0.2) is 0 Å². The first-order chi connectivity index (χ1) is 5.11. The average Bonchev–Trinajstić information content (AvgIpc) is 1.85. The molecule has 0 aliphatic heterocycles. The Morgan fingerprint density at radius 2 is 2.27 bits per heavy atom. The first-order valence-corrected chi connectivity index (χ1v) is 4.11. The average molecular weight is 152 g/mol. The van der Waals surface area contributed by atoms with Crippen molar-refractivity contribution in [2.24, 2.45) is 5.92 Å². The maximum atomic E-state index is 9.59. The predicted octanol–water partition coefficient (Wildman–Crippen LogP) is 2.28. The Kier molecular flexibility index (Phi) is 2.50. The monoisotopic (exact) mass is 152 g/mol. The highest BCUT2D eigenvalue weighted by Gasteiger charge is 2.24. The lowest BCUT2D eigenvalue weighted by atomic mass is 9.80. The summed E-state index contributed by atoms with van der Waals surface area (Å²) in [4.78, 5) is 0. The second kappa shape index (κ2) is 3.22. The van der Waals surface area contributed by atoms with E-state index in [1.54, 1.807) is 0 Å². The normalized spacial score (nSPS) is 32.0. The van der Waals surface area contributed by atoms with Crippen molar-refractivity contribution in [3.05, 3.63) is 24.3 Å². The lowest BCUT2D eigenvalue weighted by molar-refractivity contribution is 0.107. The minimum Gasteiger partial charge on any atom is -0.392 e. The summed E-state index contributed by atoms with van der Waals surface area (Å²) in [6, 6.07) is 0. The molecule has 0 aromatic carbocycles. The van der Waals surface area contributed by atoms with E-state index in [0.717, 1.165) is 24.8 Å². The summed E-state index contributed by atoms with van der Waals surface area (Å²) >= 11 is 0. The molecule has 1 saturated carbocycles. The van der Waals surface area contributed by atoms with Gasteiger partial charge >= 0.3 is 0 Å². The predicted molar refractivity (Wildman–Crippen MR) is 47.3 cm³/mol. The molecule has 0 aromatic rings. The highest BCUT2D eigenvalue weighted by molar-refractivity contribution is 5.10. The fourth-order valence-corrected chi connectivity index (χ4v) is 1.67. The molecular formula is C10H16O. The molecule has 0 radical (unpaired) electrons. The molecule has 1 aliphatic rings. The number of aliphatic hydroxyl groups is 1. The van der Waals surface area contributed by atoms with Crippen molar-refractivity contribution in [1.82, 2.24) is 0 Å². The lowest BCUT2D eigenvalue weighted by Crippen LogP contribution is -2.25. The molecule has 1 rings (SSSR count). The summed E-state index contributed by atoms with van der Waals surface area (Å²) in [6.07, 6.45) is 2.61. The van der Waals surface area contributed by atoms with Crippen molar-refractivity contribution < 1.29 is 5.11 Å². The van der Waals surface area contributed by atoms with Crippen LogP contribution >= 0.6 is 0 Å². The maximum Gasteiger partial charge on any atom is 0.0642 e. The van der Waals surface area contributed by atoms with Gasteiger partial charge in [0, 0.05) is 5.92 Å². The van der Waals surface area contributed by atoms with Crippen LogP contribution in [0, 0.1) is 5.92 Å². The first kappa shape index (κ1) is 8.54. The van der Waals surface area contributed by atoms with Crippen LogP contribution in [0.5, 0.6) is 0 Å². The van der Waals surface area contributed by atoms with E-state index in [4.69, 9.17) is 0 Å². The van der Waals surface area contributed by atoms with E-state index in [1.807, 2.05) is 6.92 Å². The topological polar surface area (TPSA) is 20.2 Å². The van der Waals surface area contributed by atoms with Crippen LogP contribution in [0.3, 0.4) is 0 Å². The molecule has 1 N–H and O–H groups in total. The fourth-order valence-electron chi connectivity index (χ4n) is 1.67. The Bertz CT molecular complexity index is 181. The molecule has 0 saturated heterocycles. The molecule has 0 unspecified atom stereocenters. The summed E-state index contributed by atoms with van der Waals surface area (Å²) in [5, 5.41) is 9.59. The zero-order valence-electron chi connectivity index (χ0n) is 7.14. The van der Waals surface area contributed by atoms with Crippen molar-refractivity contribution in [2.75, 3.05) is 0 Å². The SMILES string of the molecule is C=C1CC[C@H](C(=C)C)[C@H](O)C1. The Labute approximate surface area is 68.4 Å². The summed E-state index contributed by atoms with van der Waals surface area (Å²) in [5.74, 6) is 0.306. The Hall–Kier alpha value is -0.560. The van der Waals surface area contributed by atoms with Crippen LogP contribution in [0.4, 0.5) is 0 Å². The van der Waals surface area contributed by atoms with E-state index >= 15 is 0 Å². The first-order valence-electron chi connectivity index (χ1n) is 4.11. The van der Waals surface area contributed by atoms with E-state index in [2.05, 4.69) is 13.2 Å². The molecule has 0 aromatic heterocycles. The van der Waals surface area contributed by atoms with Crippen LogP contribution < -0.4 is 0 Å². The quantitative estimate of drug-likeness (QED) is 0.571. The van der Waals surface area contributed by atoms with Gasteiger partial charge in [0.05, 0.1) is 6.10 Å². The van der Waals surface area contributed by atoms with Crippen LogP contribution in [0.25, 0.3) is 0 Å². The zero-order chi connectivity index (χ0) is 8.43. The number of hydrogen-bond donors (Lipinski definition) is 1. The van der Waals surface area contributed by atoms with E-state index in [-0.39, 0.29) is 6.10 Å². The highest BCUT2D eigenvalue weighted by atomic mass is 16.3. The molecule has 0 spiro atoms. The van der Waals surface area contributed by atoms with Crippen molar-refractivity contribution in [3.63, 3.8) is 0 Å². The molecule has 11 heavy (non-hydrogen) atoms. The summed E-state index contributed by atoms with van der Waals surface area (Å²) < 4.78 is 0. The van der Waals surface area contributed by atoms with Crippen LogP contribution in [0.2, 0.25) is 0 Å². The van der Waals surface area contributed by atoms with Gasteiger partial charge in [0.2, 0.25) is 0 Å². The molecule has 1 aliphatic carbocycles. The van der Waals surface area contributed by atoms with Crippen molar-refractivity contribution in [2.45, 2.75) is 32.3 Å². The molecule has 2 atom stereocenters. The fraction of sp³-hybridized carbons (Fsp3) is 0.600. The minimum atomic E-state index is -0.228. The Balaban J connectivity index is 2.57. The number of rotatable bonds is 1. The standard InChI is InChI=1S/C10H16O/c1-7(2)9-5-4-8(3)6-10(9)11/h9-11H,1,3-6H2,2H3/t9-,10-/m1/s1. The largest absolute Gasteiger partial charge is 0.392 e. The summed E-state index contributed by atoms with van der Waals surface area (Å²) in [6.45, 7) is 9.72. The van der Waals surface area contributed by atoms with Crippen LogP contribution in [0.1, 0.15) is 26.2 Å². The number of hydrogen-bond acceptors (Lipinski definition) is 1. The van der Waals surface area contributed by atoms with E-state index in [1.165, 1.54) is 5.57 Å².